The number of pyridine rings is 1. The molecule has 136 valence electrons. The van der Waals surface area contributed by atoms with Crippen molar-refractivity contribution in [2.45, 2.75) is 38.7 Å². The molecule has 0 amide bonds. The zero-order valence-corrected chi connectivity index (χ0v) is 15.5. The predicted molar refractivity (Wildman–Crippen MR) is 101 cm³/mol. The van der Waals surface area contributed by atoms with E-state index in [0.717, 1.165) is 54.0 Å². The second kappa shape index (κ2) is 6.32. The van der Waals surface area contributed by atoms with Crippen LogP contribution in [0.4, 0.5) is 5.82 Å². The Balaban J connectivity index is 1.90. The minimum atomic E-state index is -0.670. The first-order valence-corrected chi connectivity index (χ1v) is 9.11. The molecule has 1 fully saturated rings. The number of aryl methyl sites for hydroxylation is 2. The largest absolute Gasteiger partial charge is 0.388 e. The first kappa shape index (κ1) is 16.9. The van der Waals surface area contributed by atoms with Crippen LogP contribution in [-0.2, 0) is 7.05 Å². The molecular weight excluding hydrogens is 328 g/mol. The molecule has 0 bridgehead atoms. The van der Waals surface area contributed by atoms with E-state index in [1.807, 2.05) is 39.1 Å². The average Bonchev–Trinajstić information content (AvgIpc) is 2.96. The molecule has 0 aliphatic carbocycles. The summed E-state index contributed by atoms with van der Waals surface area (Å²) in [6.45, 7) is 5.45. The summed E-state index contributed by atoms with van der Waals surface area (Å²) in [4.78, 5) is 16.2. The van der Waals surface area contributed by atoms with Crippen molar-refractivity contribution in [3.63, 3.8) is 0 Å². The zero-order chi connectivity index (χ0) is 18.3. The second-order valence-electron chi connectivity index (χ2n) is 7.10. The first-order valence-electron chi connectivity index (χ1n) is 9.11. The van der Waals surface area contributed by atoms with Crippen LogP contribution in [0.3, 0.4) is 0 Å². The summed E-state index contributed by atoms with van der Waals surface area (Å²) < 4.78 is 1.79. The van der Waals surface area contributed by atoms with Gasteiger partial charge in [0.05, 0.1) is 16.7 Å². The van der Waals surface area contributed by atoms with Crippen molar-refractivity contribution in [3.8, 4) is 11.5 Å². The molecule has 0 spiro atoms. The van der Waals surface area contributed by atoms with Crippen molar-refractivity contribution in [2.75, 3.05) is 18.0 Å². The fraction of sp³-hybridized carbons (Fsp3) is 0.474. The summed E-state index contributed by atoms with van der Waals surface area (Å²) >= 11 is 0. The number of rotatable bonds is 3. The molecule has 1 atom stereocenters. The maximum absolute atomic E-state index is 10.8. The Kier molecular flexibility index (Phi) is 4.11. The van der Waals surface area contributed by atoms with E-state index in [0.29, 0.717) is 12.4 Å². The van der Waals surface area contributed by atoms with Crippen molar-refractivity contribution in [1.82, 2.24) is 24.7 Å². The van der Waals surface area contributed by atoms with Crippen molar-refractivity contribution < 1.29 is 5.11 Å². The van der Waals surface area contributed by atoms with Gasteiger partial charge >= 0.3 is 0 Å². The van der Waals surface area contributed by atoms with Crippen LogP contribution in [0.15, 0.2) is 24.4 Å². The summed E-state index contributed by atoms with van der Waals surface area (Å²) in [6.07, 6.45) is 4.24. The SMILES string of the molecule is CC[C@]1(O)CCCN(c2nc(-c3ccccn3)nc3c2c(C)nn3C)C1. The van der Waals surface area contributed by atoms with Gasteiger partial charge < -0.3 is 10.0 Å². The monoisotopic (exact) mass is 352 g/mol. The number of hydrogen-bond acceptors (Lipinski definition) is 6. The molecule has 0 radical (unpaired) electrons. The van der Waals surface area contributed by atoms with E-state index in [1.54, 1.807) is 10.9 Å². The maximum atomic E-state index is 10.8. The lowest BCUT2D eigenvalue weighted by molar-refractivity contribution is 0.0222. The lowest BCUT2D eigenvalue weighted by Crippen LogP contribution is -2.48. The molecule has 1 N–H and O–H groups in total. The standard InChI is InChI=1S/C19H24N6O/c1-4-19(26)9-7-11-25(12-19)18-15-13(2)23-24(3)17(15)21-16(22-18)14-8-5-6-10-20-14/h5-6,8,10,26H,4,7,9,11-12H2,1-3H3/t19-/m0/s1. The Hall–Kier alpha value is -2.54. The van der Waals surface area contributed by atoms with E-state index >= 15 is 0 Å². The van der Waals surface area contributed by atoms with Gasteiger partial charge in [-0.2, -0.15) is 5.10 Å². The van der Waals surface area contributed by atoms with Crippen molar-refractivity contribution in [1.29, 1.82) is 0 Å². The minimum Gasteiger partial charge on any atom is -0.388 e. The van der Waals surface area contributed by atoms with E-state index in [4.69, 9.17) is 9.97 Å². The summed E-state index contributed by atoms with van der Waals surface area (Å²) in [6, 6.07) is 5.72. The molecule has 3 aromatic heterocycles. The van der Waals surface area contributed by atoms with Gasteiger partial charge in [-0.15, -0.1) is 0 Å². The number of aromatic nitrogens is 5. The van der Waals surface area contributed by atoms with Crippen LogP contribution in [0.5, 0.6) is 0 Å². The number of aliphatic hydroxyl groups is 1. The third-order valence-electron chi connectivity index (χ3n) is 5.25. The number of piperidine rings is 1. The maximum Gasteiger partial charge on any atom is 0.182 e. The molecular formula is C19H24N6O. The van der Waals surface area contributed by atoms with Crippen LogP contribution >= 0.6 is 0 Å². The molecule has 0 unspecified atom stereocenters. The van der Waals surface area contributed by atoms with Gasteiger partial charge in [-0.1, -0.05) is 13.0 Å². The van der Waals surface area contributed by atoms with E-state index in [-0.39, 0.29) is 0 Å². The number of nitrogens with zero attached hydrogens (tertiary/aromatic N) is 6. The van der Waals surface area contributed by atoms with E-state index < -0.39 is 5.60 Å². The molecule has 3 aromatic rings. The van der Waals surface area contributed by atoms with Crippen LogP contribution in [0.2, 0.25) is 0 Å². The normalized spacial score (nSPS) is 20.7. The number of β-amino-alcohol motifs (C(OH)–C–C–N with tert-alkyl or cyclic N) is 1. The summed E-state index contributed by atoms with van der Waals surface area (Å²) in [5, 5.41) is 16.3. The summed E-state index contributed by atoms with van der Waals surface area (Å²) in [7, 11) is 1.90. The fourth-order valence-corrected chi connectivity index (χ4v) is 3.74. The lowest BCUT2D eigenvalue weighted by Gasteiger charge is -2.39. The molecule has 0 saturated carbocycles. The van der Waals surface area contributed by atoms with Gasteiger partial charge in [-0.05, 0) is 38.3 Å². The number of fused-ring (bicyclic) bond motifs is 1. The zero-order valence-electron chi connectivity index (χ0n) is 15.5. The van der Waals surface area contributed by atoms with Crippen LogP contribution in [0.1, 0.15) is 31.9 Å². The van der Waals surface area contributed by atoms with E-state index in [2.05, 4.69) is 15.0 Å². The Bertz CT molecular complexity index is 938. The first-order chi connectivity index (χ1) is 12.5. The van der Waals surface area contributed by atoms with E-state index in [1.165, 1.54) is 0 Å². The Labute approximate surface area is 152 Å². The molecule has 1 aliphatic heterocycles. The van der Waals surface area contributed by atoms with Gasteiger partial charge in [-0.3, -0.25) is 9.67 Å². The minimum absolute atomic E-state index is 0.575. The molecule has 26 heavy (non-hydrogen) atoms. The Morgan fingerprint density at radius 3 is 2.85 bits per heavy atom. The highest BCUT2D eigenvalue weighted by atomic mass is 16.3. The molecule has 1 aliphatic rings. The van der Waals surface area contributed by atoms with Crippen molar-refractivity contribution in [2.24, 2.45) is 7.05 Å². The summed E-state index contributed by atoms with van der Waals surface area (Å²) in [5.41, 5.74) is 1.75. The molecule has 7 nitrogen and oxygen atoms in total. The quantitative estimate of drug-likeness (QED) is 0.780. The van der Waals surface area contributed by atoms with Crippen LogP contribution in [-0.4, -0.2) is 48.5 Å². The molecule has 1 saturated heterocycles. The lowest BCUT2D eigenvalue weighted by atomic mass is 9.90. The summed E-state index contributed by atoms with van der Waals surface area (Å²) in [5.74, 6) is 1.43. The smallest absolute Gasteiger partial charge is 0.182 e. The highest BCUT2D eigenvalue weighted by Crippen LogP contribution is 2.33. The van der Waals surface area contributed by atoms with Crippen molar-refractivity contribution >= 4 is 16.9 Å². The van der Waals surface area contributed by atoms with Gasteiger partial charge in [0.1, 0.15) is 11.5 Å². The van der Waals surface area contributed by atoms with Gasteiger partial charge in [0, 0.05) is 26.3 Å². The van der Waals surface area contributed by atoms with Gasteiger partial charge in [0.2, 0.25) is 0 Å². The molecule has 4 rings (SSSR count). The average molecular weight is 352 g/mol. The Morgan fingerprint density at radius 1 is 1.27 bits per heavy atom. The molecule has 4 heterocycles. The Morgan fingerprint density at radius 2 is 2.12 bits per heavy atom. The van der Waals surface area contributed by atoms with Crippen LogP contribution < -0.4 is 4.90 Å². The third kappa shape index (κ3) is 2.82. The van der Waals surface area contributed by atoms with Gasteiger partial charge in [0.25, 0.3) is 0 Å². The molecule has 0 aromatic carbocycles. The van der Waals surface area contributed by atoms with Crippen LogP contribution in [0, 0.1) is 6.92 Å². The predicted octanol–water partition coefficient (Wildman–Crippen LogP) is 2.48. The van der Waals surface area contributed by atoms with E-state index in [9.17, 15) is 5.11 Å². The topological polar surface area (TPSA) is 80.0 Å². The molecule has 7 heteroatoms. The number of hydrogen-bond donors (Lipinski definition) is 1. The second-order valence-corrected chi connectivity index (χ2v) is 7.10. The fourth-order valence-electron chi connectivity index (χ4n) is 3.74. The van der Waals surface area contributed by atoms with Gasteiger partial charge in [-0.25, -0.2) is 9.97 Å². The number of anilines is 1. The van der Waals surface area contributed by atoms with Gasteiger partial charge in [0.15, 0.2) is 11.5 Å². The highest BCUT2D eigenvalue weighted by molar-refractivity contribution is 5.91. The highest BCUT2D eigenvalue weighted by Gasteiger charge is 2.33. The van der Waals surface area contributed by atoms with Crippen LogP contribution in [0.25, 0.3) is 22.6 Å². The third-order valence-corrected chi connectivity index (χ3v) is 5.25. The van der Waals surface area contributed by atoms with Crippen molar-refractivity contribution in [3.05, 3.63) is 30.1 Å².